The van der Waals surface area contributed by atoms with Crippen molar-refractivity contribution in [2.45, 2.75) is 26.2 Å². The molecule has 1 fully saturated rings. The van der Waals surface area contributed by atoms with Crippen molar-refractivity contribution in [3.8, 4) is 0 Å². The Hall–Kier alpha value is -0.790. The van der Waals surface area contributed by atoms with Crippen LogP contribution in [0.5, 0.6) is 0 Å². The van der Waals surface area contributed by atoms with Crippen LogP contribution in [0.15, 0.2) is 12.2 Å². The minimum Gasteiger partial charge on any atom is -0.356 e. The maximum atomic E-state index is 11.2. The van der Waals surface area contributed by atoms with Gasteiger partial charge in [0.2, 0.25) is 5.91 Å². The Morgan fingerprint density at radius 2 is 2.55 bits per heavy atom. The number of hydrogen-bond acceptors (Lipinski definition) is 1. The molecule has 0 aliphatic carbocycles. The number of hydrogen-bond donors (Lipinski definition) is 1. The molecule has 0 aromatic heterocycles. The summed E-state index contributed by atoms with van der Waals surface area (Å²) in [7, 11) is 0. The molecular weight excluding hydrogens is 138 g/mol. The van der Waals surface area contributed by atoms with E-state index in [4.69, 9.17) is 0 Å². The topological polar surface area (TPSA) is 29.1 Å². The third-order valence-electron chi connectivity index (χ3n) is 2.06. The third kappa shape index (κ3) is 2.37. The first-order chi connectivity index (χ1) is 5.34. The van der Waals surface area contributed by atoms with E-state index in [0.717, 1.165) is 25.8 Å². The lowest BCUT2D eigenvalue weighted by molar-refractivity contribution is -0.126. The molecule has 2 nitrogen and oxygen atoms in total. The lowest BCUT2D eigenvalue weighted by Crippen LogP contribution is -2.36. The highest BCUT2D eigenvalue weighted by atomic mass is 16.1. The van der Waals surface area contributed by atoms with E-state index < -0.39 is 0 Å². The van der Waals surface area contributed by atoms with Gasteiger partial charge in [0, 0.05) is 12.5 Å². The van der Waals surface area contributed by atoms with Gasteiger partial charge < -0.3 is 5.32 Å². The minimum atomic E-state index is 0.231. The highest BCUT2D eigenvalue weighted by molar-refractivity contribution is 5.79. The number of carbonyl (C=O) groups excluding carboxylic acids is 1. The predicted octanol–water partition coefficient (Wildman–Crippen LogP) is 1.48. The van der Waals surface area contributed by atoms with Gasteiger partial charge in [0.1, 0.15) is 0 Å². The molecule has 0 aromatic carbocycles. The molecule has 0 aromatic rings. The maximum Gasteiger partial charge on any atom is 0.223 e. The summed E-state index contributed by atoms with van der Waals surface area (Å²) in [4.78, 5) is 11.2. The summed E-state index contributed by atoms with van der Waals surface area (Å²) >= 11 is 0. The van der Waals surface area contributed by atoms with Crippen LogP contribution >= 0.6 is 0 Å². The highest BCUT2D eigenvalue weighted by Crippen LogP contribution is 2.15. The van der Waals surface area contributed by atoms with Gasteiger partial charge in [-0.2, -0.15) is 0 Å². The van der Waals surface area contributed by atoms with E-state index >= 15 is 0 Å². The smallest absolute Gasteiger partial charge is 0.223 e. The lowest BCUT2D eigenvalue weighted by Gasteiger charge is -2.20. The zero-order valence-electron chi connectivity index (χ0n) is 6.97. The first-order valence-corrected chi connectivity index (χ1v) is 4.23. The number of amides is 1. The van der Waals surface area contributed by atoms with Gasteiger partial charge in [0.05, 0.1) is 0 Å². The van der Waals surface area contributed by atoms with Crippen molar-refractivity contribution in [1.82, 2.24) is 5.32 Å². The van der Waals surface area contributed by atoms with Crippen molar-refractivity contribution < 1.29 is 4.79 Å². The molecule has 1 aliphatic rings. The van der Waals surface area contributed by atoms with Crippen molar-refractivity contribution in [3.05, 3.63) is 12.2 Å². The molecule has 0 saturated carbocycles. The fraction of sp³-hybridized carbons (Fsp3) is 0.667. The van der Waals surface area contributed by atoms with Crippen molar-refractivity contribution in [3.63, 3.8) is 0 Å². The quantitative estimate of drug-likeness (QED) is 0.598. The Morgan fingerprint density at radius 1 is 1.73 bits per heavy atom. The molecule has 1 amide bonds. The van der Waals surface area contributed by atoms with E-state index in [2.05, 4.69) is 11.4 Å². The second-order valence-electron chi connectivity index (χ2n) is 2.93. The van der Waals surface area contributed by atoms with Crippen molar-refractivity contribution in [1.29, 1.82) is 0 Å². The van der Waals surface area contributed by atoms with Crippen molar-refractivity contribution >= 4 is 5.91 Å². The number of carbonyl (C=O) groups is 1. The molecule has 1 heterocycles. The van der Waals surface area contributed by atoms with E-state index in [9.17, 15) is 4.79 Å². The van der Waals surface area contributed by atoms with Gasteiger partial charge in [-0.15, -0.1) is 0 Å². The van der Waals surface area contributed by atoms with Crippen LogP contribution in [0.3, 0.4) is 0 Å². The summed E-state index contributed by atoms with van der Waals surface area (Å²) < 4.78 is 0. The van der Waals surface area contributed by atoms with Crippen LogP contribution in [0, 0.1) is 5.92 Å². The summed E-state index contributed by atoms with van der Waals surface area (Å²) in [5, 5.41) is 2.87. The van der Waals surface area contributed by atoms with E-state index in [1.807, 2.05) is 13.0 Å². The molecule has 1 aliphatic heterocycles. The molecule has 1 saturated heterocycles. The predicted molar refractivity (Wildman–Crippen MR) is 45.2 cm³/mol. The molecule has 1 unspecified atom stereocenters. The fourth-order valence-corrected chi connectivity index (χ4v) is 1.36. The normalized spacial score (nSPS) is 25.5. The van der Waals surface area contributed by atoms with Crippen LogP contribution in [0.2, 0.25) is 0 Å². The number of allylic oxidation sites excluding steroid dienone is 2. The van der Waals surface area contributed by atoms with Gasteiger partial charge in [-0.25, -0.2) is 0 Å². The zero-order chi connectivity index (χ0) is 8.10. The monoisotopic (exact) mass is 153 g/mol. The van der Waals surface area contributed by atoms with Crippen molar-refractivity contribution in [2.75, 3.05) is 6.54 Å². The SMILES string of the molecule is C/C=C/CC1CCCNC1=O. The molecule has 0 bridgehead atoms. The van der Waals surface area contributed by atoms with Gasteiger partial charge in [-0.3, -0.25) is 4.79 Å². The number of piperidine rings is 1. The Kier molecular flexibility index (Phi) is 3.14. The van der Waals surface area contributed by atoms with E-state index in [1.165, 1.54) is 0 Å². The van der Waals surface area contributed by atoms with Crippen LogP contribution in [0.1, 0.15) is 26.2 Å². The standard InChI is InChI=1S/C9H15NO/c1-2-3-5-8-6-4-7-10-9(8)11/h2-3,8H,4-7H2,1H3,(H,10,11)/b3-2+. The van der Waals surface area contributed by atoms with Crippen LogP contribution in [0.25, 0.3) is 0 Å². The molecule has 11 heavy (non-hydrogen) atoms. The van der Waals surface area contributed by atoms with Gasteiger partial charge in [-0.05, 0) is 26.2 Å². The molecule has 1 atom stereocenters. The molecule has 1 rings (SSSR count). The van der Waals surface area contributed by atoms with Crippen LogP contribution in [0.4, 0.5) is 0 Å². The average molecular weight is 153 g/mol. The molecule has 62 valence electrons. The summed E-state index contributed by atoms with van der Waals surface area (Å²) in [5.41, 5.74) is 0. The highest BCUT2D eigenvalue weighted by Gasteiger charge is 2.19. The number of rotatable bonds is 2. The Bertz CT molecular complexity index is 163. The summed E-state index contributed by atoms with van der Waals surface area (Å²) in [6.45, 7) is 2.85. The first-order valence-electron chi connectivity index (χ1n) is 4.23. The van der Waals surface area contributed by atoms with Gasteiger partial charge >= 0.3 is 0 Å². The largest absolute Gasteiger partial charge is 0.356 e. The summed E-state index contributed by atoms with van der Waals surface area (Å²) in [6, 6.07) is 0. The Labute approximate surface area is 67.7 Å². The molecular formula is C9H15NO. The minimum absolute atomic E-state index is 0.231. The summed E-state index contributed by atoms with van der Waals surface area (Å²) in [6.07, 6.45) is 7.16. The molecule has 1 N–H and O–H groups in total. The lowest BCUT2D eigenvalue weighted by atomic mass is 9.95. The van der Waals surface area contributed by atoms with Crippen molar-refractivity contribution in [2.24, 2.45) is 5.92 Å². The van der Waals surface area contributed by atoms with Gasteiger partial charge in [-0.1, -0.05) is 12.2 Å². The van der Waals surface area contributed by atoms with Crippen LogP contribution in [-0.2, 0) is 4.79 Å². The van der Waals surface area contributed by atoms with Gasteiger partial charge in [0.25, 0.3) is 0 Å². The molecule has 0 radical (unpaired) electrons. The average Bonchev–Trinajstić information content (AvgIpc) is 2.03. The third-order valence-corrected chi connectivity index (χ3v) is 2.06. The van der Waals surface area contributed by atoms with Crippen LogP contribution < -0.4 is 5.32 Å². The Balaban J connectivity index is 2.35. The van der Waals surface area contributed by atoms with E-state index in [0.29, 0.717) is 0 Å². The zero-order valence-corrected chi connectivity index (χ0v) is 6.97. The molecule has 0 spiro atoms. The van der Waals surface area contributed by atoms with E-state index in [1.54, 1.807) is 0 Å². The number of nitrogens with one attached hydrogen (secondary N) is 1. The molecule has 2 heteroatoms. The van der Waals surface area contributed by atoms with E-state index in [-0.39, 0.29) is 11.8 Å². The maximum absolute atomic E-state index is 11.2. The fourth-order valence-electron chi connectivity index (χ4n) is 1.36. The summed E-state index contributed by atoms with van der Waals surface area (Å²) in [5.74, 6) is 0.467. The Morgan fingerprint density at radius 3 is 3.18 bits per heavy atom. The van der Waals surface area contributed by atoms with Crippen LogP contribution in [-0.4, -0.2) is 12.5 Å². The second-order valence-corrected chi connectivity index (χ2v) is 2.93. The first kappa shape index (κ1) is 8.31. The second kappa shape index (κ2) is 4.16. The van der Waals surface area contributed by atoms with Gasteiger partial charge in [0.15, 0.2) is 0 Å².